The number of rotatable bonds is 3. The summed E-state index contributed by atoms with van der Waals surface area (Å²) in [5.74, 6) is 0.888. The molecule has 1 radical (unpaired) electrons. The fourth-order valence-electron chi connectivity index (χ4n) is 2.19. The third-order valence-electron chi connectivity index (χ3n) is 3.11. The predicted molar refractivity (Wildman–Crippen MR) is 66.4 cm³/mol. The van der Waals surface area contributed by atoms with Crippen molar-refractivity contribution < 1.29 is 0 Å². The lowest BCUT2D eigenvalue weighted by atomic mass is 9.98. The van der Waals surface area contributed by atoms with Crippen LogP contribution in [0.15, 0.2) is 18.2 Å². The highest BCUT2D eigenvalue weighted by Gasteiger charge is 2.14. The Hall–Kier alpha value is -0.200. The number of benzene rings is 1. The van der Waals surface area contributed by atoms with Gasteiger partial charge in [0.2, 0.25) is 0 Å². The van der Waals surface area contributed by atoms with Gasteiger partial charge in [0.15, 0.2) is 0 Å². The highest BCUT2D eigenvalue weighted by molar-refractivity contribution is 6.42. The lowest BCUT2D eigenvalue weighted by molar-refractivity contribution is 0.544. The molecule has 0 atom stereocenters. The zero-order chi connectivity index (χ0) is 10.7. The van der Waals surface area contributed by atoms with Gasteiger partial charge < -0.3 is 0 Å². The molecule has 1 saturated carbocycles. The molecule has 81 valence electrons. The summed E-state index contributed by atoms with van der Waals surface area (Å²) in [7, 11) is 0. The summed E-state index contributed by atoms with van der Waals surface area (Å²) in [6.45, 7) is 0. The Morgan fingerprint density at radius 1 is 1.13 bits per heavy atom. The van der Waals surface area contributed by atoms with Crippen molar-refractivity contribution in [2.75, 3.05) is 0 Å². The van der Waals surface area contributed by atoms with Crippen LogP contribution in [0.25, 0.3) is 0 Å². The minimum atomic E-state index is 0.634. The summed E-state index contributed by atoms with van der Waals surface area (Å²) in [4.78, 5) is 0. The van der Waals surface area contributed by atoms with Gasteiger partial charge in [-0.15, -0.1) is 0 Å². The van der Waals surface area contributed by atoms with Crippen LogP contribution in [0.3, 0.4) is 0 Å². The van der Waals surface area contributed by atoms with Crippen molar-refractivity contribution in [2.45, 2.75) is 32.1 Å². The minimum absolute atomic E-state index is 0.634. The summed E-state index contributed by atoms with van der Waals surface area (Å²) < 4.78 is 0. The van der Waals surface area contributed by atoms with Crippen LogP contribution in [0.5, 0.6) is 0 Å². The monoisotopic (exact) mass is 241 g/mol. The van der Waals surface area contributed by atoms with Crippen LogP contribution in [0, 0.1) is 12.3 Å². The van der Waals surface area contributed by atoms with E-state index in [1.807, 2.05) is 18.2 Å². The van der Waals surface area contributed by atoms with Crippen LogP contribution in [0.4, 0.5) is 0 Å². The van der Waals surface area contributed by atoms with Gasteiger partial charge in [-0.1, -0.05) is 55.0 Å². The predicted octanol–water partition coefficient (Wildman–Crippen LogP) is 5.13. The maximum absolute atomic E-state index is 5.96. The standard InChI is InChI=1S/C13H15Cl2/c14-12-8-7-11(9-13(12)15)6-5-10-3-1-2-4-10/h6-10H,1-5H2. The van der Waals surface area contributed by atoms with Gasteiger partial charge in [0.1, 0.15) is 0 Å². The molecule has 0 bridgehead atoms. The molecule has 0 spiro atoms. The van der Waals surface area contributed by atoms with Crippen molar-refractivity contribution in [1.82, 2.24) is 0 Å². The molecule has 1 aromatic carbocycles. The van der Waals surface area contributed by atoms with Crippen LogP contribution < -0.4 is 0 Å². The maximum Gasteiger partial charge on any atom is 0.0595 e. The van der Waals surface area contributed by atoms with Crippen LogP contribution in [-0.4, -0.2) is 0 Å². The van der Waals surface area contributed by atoms with Gasteiger partial charge in [0.05, 0.1) is 10.0 Å². The van der Waals surface area contributed by atoms with Crippen molar-refractivity contribution >= 4 is 23.2 Å². The lowest BCUT2D eigenvalue weighted by Gasteiger charge is -2.08. The molecule has 0 amide bonds. The first-order valence-electron chi connectivity index (χ1n) is 5.54. The molecule has 0 heterocycles. The second kappa shape index (κ2) is 5.23. The second-order valence-electron chi connectivity index (χ2n) is 4.26. The SMILES string of the molecule is Clc1ccc([CH]CC2CCCC2)cc1Cl. The molecule has 15 heavy (non-hydrogen) atoms. The lowest BCUT2D eigenvalue weighted by Crippen LogP contribution is -1.94. The molecular formula is C13H15Cl2. The van der Waals surface area contributed by atoms with E-state index in [1.165, 1.54) is 37.7 Å². The highest BCUT2D eigenvalue weighted by atomic mass is 35.5. The van der Waals surface area contributed by atoms with Gasteiger partial charge in [-0.2, -0.15) is 0 Å². The molecule has 1 fully saturated rings. The van der Waals surface area contributed by atoms with Gasteiger partial charge >= 0.3 is 0 Å². The van der Waals surface area contributed by atoms with Gasteiger partial charge in [-0.25, -0.2) is 0 Å². The maximum atomic E-state index is 5.96. The molecule has 1 aliphatic rings. The Labute approximate surface area is 102 Å². The van der Waals surface area contributed by atoms with Crippen LogP contribution in [0.2, 0.25) is 10.0 Å². The Balaban J connectivity index is 1.90. The van der Waals surface area contributed by atoms with Gasteiger partial charge in [-0.3, -0.25) is 0 Å². The Morgan fingerprint density at radius 3 is 2.53 bits per heavy atom. The van der Waals surface area contributed by atoms with Gasteiger partial charge in [-0.05, 0) is 36.5 Å². The van der Waals surface area contributed by atoms with Gasteiger partial charge in [0.25, 0.3) is 0 Å². The molecule has 0 nitrogen and oxygen atoms in total. The molecule has 0 aromatic heterocycles. The van der Waals surface area contributed by atoms with E-state index in [0.29, 0.717) is 10.0 Å². The normalized spacial score (nSPS) is 17.2. The Bertz CT molecular complexity index is 327. The van der Waals surface area contributed by atoms with E-state index in [9.17, 15) is 0 Å². The zero-order valence-corrected chi connectivity index (χ0v) is 10.2. The van der Waals surface area contributed by atoms with E-state index in [-0.39, 0.29) is 0 Å². The van der Waals surface area contributed by atoms with Crippen molar-refractivity contribution in [3.8, 4) is 0 Å². The van der Waals surface area contributed by atoms with E-state index in [2.05, 4.69) is 6.42 Å². The quantitative estimate of drug-likeness (QED) is 0.689. The first-order valence-corrected chi connectivity index (χ1v) is 6.29. The third kappa shape index (κ3) is 3.12. The first kappa shape index (κ1) is 11.3. The van der Waals surface area contributed by atoms with Crippen molar-refractivity contribution in [2.24, 2.45) is 5.92 Å². The summed E-state index contributed by atoms with van der Waals surface area (Å²) in [5, 5.41) is 1.28. The molecular weight excluding hydrogens is 227 g/mol. The average molecular weight is 242 g/mol. The minimum Gasteiger partial charge on any atom is -0.0827 e. The molecule has 0 unspecified atom stereocenters. The zero-order valence-electron chi connectivity index (χ0n) is 8.68. The van der Waals surface area contributed by atoms with E-state index in [0.717, 1.165) is 5.92 Å². The number of hydrogen-bond acceptors (Lipinski definition) is 0. The highest BCUT2D eigenvalue weighted by Crippen LogP contribution is 2.30. The topological polar surface area (TPSA) is 0 Å². The summed E-state index contributed by atoms with van der Waals surface area (Å²) in [5.41, 5.74) is 1.19. The molecule has 2 rings (SSSR count). The second-order valence-corrected chi connectivity index (χ2v) is 5.08. The van der Waals surface area contributed by atoms with E-state index < -0.39 is 0 Å². The molecule has 0 N–H and O–H groups in total. The van der Waals surface area contributed by atoms with E-state index in [4.69, 9.17) is 23.2 Å². The first-order chi connectivity index (χ1) is 7.25. The fourth-order valence-corrected chi connectivity index (χ4v) is 2.49. The number of hydrogen-bond donors (Lipinski definition) is 0. The van der Waals surface area contributed by atoms with Crippen molar-refractivity contribution in [3.63, 3.8) is 0 Å². The average Bonchev–Trinajstić information content (AvgIpc) is 2.73. The summed E-state index contributed by atoms with van der Waals surface area (Å²) >= 11 is 11.8. The molecule has 0 saturated heterocycles. The Kier molecular flexibility index (Phi) is 3.93. The molecule has 1 aliphatic carbocycles. The summed E-state index contributed by atoms with van der Waals surface area (Å²) in [6.07, 6.45) is 9.03. The molecule has 1 aromatic rings. The molecule has 0 aliphatic heterocycles. The molecule has 2 heteroatoms. The van der Waals surface area contributed by atoms with E-state index in [1.54, 1.807) is 0 Å². The summed E-state index contributed by atoms with van der Waals surface area (Å²) in [6, 6.07) is 5.84. The van der Waals surface area contributed by atoms with Crippen LogP contribution >= 0.6 is 23.2 Å². The number of halogens is 2. The van der Waals surface area contributed by atoms with Crippen LogP contribution in [-0.2, 0) is 0 Å². The van der Waals surface area contributed by atoms with Crippen molar-refractivity contribution in [3.05, 3.63) is 40.2 Å². The van der Waals surface area contributed by atoms with Crippen LogP contribution in [0.1, 0.15) is 37.7 Å². The third-order valence-corrected chi connectivity index (χ3v) is 3.84. The smallest absolute Gasteiger partial charge is 0.0595 e. The largest absolute Gasteiger partial charge is 0.0827 e. The van der Waals surface area contributed by atoms with Gasteiger partial charge in [0, 0.05) is 0 Å². The fraction of sp³-hybridized carbons (Fsp3) is 0.462. The van der Waals surface area contributed by atoms with Crippen molar-refractivity contribution in [1.29, 1.82) is 0 Å². The van der Waals surface area contributed by atoms with E-state index >= 15 is 0 Å². The Morgan fingerprint density at radius 2 is 1.87 bits per heavy atom.